The largest absolute Gasteiger partial charge is 0.406 e. The Morgan fingerprint density at radius 3 is 1.65 bits per heavy atom. The van der Waals surface area contributed by atoms with E-state index in [1.807, 2.05) is 13.8 Å². The van der Waals surface area contributed by atoms with Gasteiger partial charge in [-0.15, -0.1) is 11.5 Å². The minimum Gasteiger partial charge on any atom is -0.406 e. The van der Waals surface area contributed by atoms with Gasteiger partial charge in [0.05, 0.1) is 27.8 Å². The highest BCUT2D eigenvalue weighted by molar-refractivity contribution is 7.84. The summed E-state index contributed by atoms with van der Waals surface area (Å²) in [6.07, 6.45) is 0.596. The normalized spacial score (nSPS) is 15.7. The molecule has 0 radical (unpaired) electrons. The number of hydrogen-bond donors (Lipinski definition) is 1. The standard InChI is InChI=1S/C28H43NO2SSi2/c1-26(2,3)34(24-16-12-10-13-17-24,25-18-14-11-15-19-25)31-23-28(6,20-21-33(7,8)9)22-27(4,5)32(29)30/h10-19H,22-23,29H2,1-9H3/t28-,32?/m1/s1. The molecule has 0 aromatic heterocycles. The van der Waals surface area contributed by atoms with E-state index in [4.69, 9.17) is 9.56 Å². The monoisotopic (exact) mass is 513 g/mol. The lowest BCUT2D eigenvalue weighted by atomic mass is 9.83. The molecule has 0 amide bonds. The quantitative estimate of drug-likeness (QED) is 0.388. The van der Waals surface area contributed by atoms with Crippen molar-refractivity contribution < 1.29 is 8.63 Å². The van der Waals surface area contributed by atoms with Gasteiger partial charge >= 0.3 is 0 Å². The summed E-state index contributed by atoms with van der Waals surface area (Å²) in [5, 5.41) is 8.27. The molecule has 0 saturated carbocycles. The summed E-state index contributed by atoms with van der Waals surface area (Å²) in [5.74, 6) is 3.59. The third-order valence-corrected chi connectivity index (χ3v) is 13.2. The lowest BCUT2D eigenvalue weighted by Gasteiger charge is -2.45. The molecule has 6 heteroatoms. The molecule has 3 nitrogen and oxygen atoms in total. The Labute approximate surface area is 212 Å². The average molecular weight is 514 g/mol. The summed E-state index contributed by atoms with van der Waals surface area (Å²) >= 11 is 0. The minimum absolute atomic E-state index is 0.116. The highest BCUT2D eigenvalue weighted by Crippen LogP contribution is 2.39. The molecule has 0 aliphatic rings. The molecule has 0 spiro atoms. The first-order valence-corrected chi connectivity index (χ1v) is 18.6. The average Bonchev–Trinajstić information content (AvgIpc) is 2.72. The molecular formula is C28H43NO2SSi2. The maximum absolute atomic E-state index is 12.4. The molecule has 0 bridgehead atoms. The lowest BCUT2D eigenvalue weighted by Crippen LogP contribution is -2.67. The maximum Gasteiger partial charge on any atom is 0.261 e. The van der Waals surface area contributed by atoms with Gasteiger partial charge in [-0.25, -0.2) is 4.21 Å². The van der Waals surface area contributed by atoms with Crippen LogP contribution in [0.3, 0.4) is 0 Å². The van der Waals surface area contributed by atoms with E-state index < -0.39 is 37.5 Å². The van der Waals surface area contributed by atoms with Crippen LogP contribution < -0.4 is 15.5 Å². The van der Waals surface area contributed by atoms with Crippen molar-refractivity contribution in [2.45, 2.75) is 77.4 Å². The molecule has 2 aromatic carbocycles. The van der Waals surface area contributed by atoms with Crippen molar-refractivity contribution in [3.05, 3.63) is 60.7 Å². The topological polar surface area (TPSA) is 52.3 Å². The molecule has 2 aromatic rings. The van der Waals surface area contributed by atoms with Gasteiger partial charge in [0.25, 0.3) is 8.32 Å². The first-order valence-electron chi connectivity index (χ1n) is 12.0. The van der Waals surface area contributed by atoms with Gasteiger partial charge in [-0.05, 0) is 42.6 Å². The fourth-order valence-electron chi connectivity index (χ4n) is 4.51. The smallest absolute Gasteiger partial charge is 0.261 e. The van der Waals surface area contributed by atoms with Crippen LogP contribution in [0.15, 0.2) is 60.7 Å². The summed E-state index contributed by atoms with van der Waals surface area (Å²) in [5.41, 5.74) is 3.08. The van der Waals surface area contributed by atoms with E-state index in [1.165, 1.54) is 10.4 Å². The van der Waals surface area contributed by atoms with Crippen LogP contribution in [0.2, 0.25) is 24.7 Å². The second-order valence-corrected chi connectivity index (χ2v) is 23.0. The Balaban J connectivity index is 2.66. The Hall–Kier alpha value is -1.50. The van der Waals surface area contributed by atoms with E-state index in [-0.39, 0.29) is 5.04 Å². The van der Waals surface area contributed by atoms with Crippen LogP contribution in [0.25, 0.3) is 0 Å². The van der Waals surface area contributed by atoms with Crippen molar-refractivity contribution in [3.8, 4) is 11.5 Å². The predicted octanol–water partition coefficient (Wildman–Crippen LogP) is 5.24. The van der Waals surface area contributed by atoms with Crippen molar-refractivity contribution in [2.24, 2.45) is 10.6 Å². The Morgan fingerprint density at radius 1 is 0.853 bits per heavy atom. The zero-order valence-corrected chi connectivity index (χ0v) is 25.3. The number of benzene rings is 2. The molecule has 2 atom stereocenters. The van der Waals surface area contributed by atoms with Gasteiger partial charge in [-0.2, -0.15) is 0 Å². The third kappa shape index (κ3) is 7.02. The summed E-state index contributed by atoms with van der Waals surface area (Å²) < 4.78 is 19.0. The van der Waals surface area contributed by atoms with Crippen LogP contribution in [0.5, 0.6) is 0 Å². The molecule has 0 fully saturated rings. The fraction of sp³-hybridized carbons (Fsp3) is 0.500. The van der Waals surface area contributed by atoms with E-state index in [2.05, 4.69) is 119 Å². The highest BCUT2D eigenvalue weighted by atomic mass is 32.2. The van der Waals surface area contributed by atoms with Crippen LogP contribution in [-0.2, 0) is 15.4 Å². The van der Waals surface area contributed by atoms with Crippen LogP contribution in [0, 0.1) is 16.9 Å². The molecule has 0 aliphatic carbocycles. The molecule has 0 saturated heterocycles. The van der Waals surface area contributed by atoms with Crippen molar-refractivity contribution in [1.29, 1.82) is 0 Å². The van der Waals surface area contributed by atoms with Gasteiger partial charge < -0.3 is 4.43 Å². The Morgan fingerprint density at radius 2 is 1.29 bits per heavy atom. The van der Waals surface area contributed by atoms with E-state index in [0.717, 1.165) is 0 Å². The third-order valence-electron chi connectivity index (χ3n) is 6.12. The second-order valence-electron chi connectivity index (χ2n) is 12.2. The Bertz CT molecular complexity index is 992. The van der Waals surface area contributed by atoms with Gasteiger partial charge in [-0.1, -0.05) is 101 Å². The molecule has 0 aliphatic heterocycles. The molecule has 2 N–H and O–H groups in total. The summed E-state index contributed by atoms with van der Waals surface area (Å²) in [7, 11) is -5.78. The molecule has 186 valence electrons. The predicted molar refractivity (Wildman–Crippen MR) is 154 cm³/mol. The molecule has 0 heterocycles. The van der Waals surface area contributed by atoms with E-state index >= 15 is 0 Å². The summed E-state index contributed by atoms with van der Waals surface area (Å²) in [6.45, 7) is 20.1. The number of rotatable bonds is 8. The highest BCUT2D eigenvalue weighted by Gasteiger charge is 2.51. The first-order chi connectivity index (χ1) is 15.5. The van der Waals surface area contributed by atoms with Gasteiger partial charge in [-0.3, -0.25) is 5.14 Å². The Kier molecular flexibility index (Phi) is 8.99. The van der Waals surface area contributed by atoms with E-state index in [0.29, 0.717) is 13.0 Å². The van der Waals surface area contributed by atoms with Crippen LogP contribution >= 0.6 is 0 Å². The van der Waals surface area contributed by atoms with Gasteiger partial charge in [0.1, 0.15) is 8.07 Å². The van der Waals surface area contributed by atoms with Crippen LogP contribution in [-0.4, -0.2) is 32.0 Å². The summed E-state index contributed by atoms with van der Waals surface area (Å²) in [4.78, 5) is 0. The van der Waals surface area contributed by atoms with Crippen LogP contribution in [0.1, 0.15) is 48.0 Å². The summed E-state index contributed by atoms with van der Waals surface area (Å²) in [6, 6.07) is 21.3. The molecule has 2 rings (SSSR count). The van der Waals surface area contributed by atoms with E-state index in [1.54, 1.807) is 0 Å². The van der Waals surface area contributed by atoms with Crippen molar-refractivity contribution in [3.63, 3.8) is 0 Å². The second kappa shape index (κ2) is 10.6. The zero-order valence-electron chi connectivity index (χ0n) is 22.5. The SMILES string of the molecule is CC(C)(C[C@@](C)(C#C[Si](C)(C)C)CO[Si](c1ccccc1)(c1ccccc1)C(C)(C)C)S(N)=O. The van der Waals surface area contributed by atoms with E-state index in [9.17, 15) is 4.21 Å². The fourth-order valence-corrected chi connectivity index (χ4v) is 10.3. The number of nitrogens with two attached hydrogens (primary N) is 1. The van der Waals surface area contributed by atoms with Crippen molar-refractivity contribution in [2.75, 3.05) is 6.61 Å². The van der Waals surface area contributed by atoms with Gasteiger partial charge in [0.15, 0.2) is 0 Å². The maximum atomic E-state index is 12.4. The zero-order chi connectivity index (χ0) is 25.8. The molecule has 1 unspecified atom stereocenters. The van der Waals surface area contributed by atoms with Gasteiger partial charge in [0, 0.05) is 0 Å². The first kappa shape index (κ1) is 28.7. The van der Waals surface area contributed by atoms with Crippen LogP contribution in [0.4, 0.5) is 0 Å². The van der Waals surface area contributed by atoms with Crippen molar-refractivity contribution in [1.82, 2.24) is 0 Å². The van der Waals surface area contributed by atoms with Crippen molar-refractivity contribution >= 4 is 37.8 Å². The number of hydrogen-bond acceptors (Lipinski definition) is 2. The molecule has 34 heavy (non-hydrogen) atoms. The minimum atomic E-state index is -2.70. The molecular weight excluding hydrogens is 471 g/mol. The van der Waals surface area contributed by atoms with Gasteiger partial charge in [0.2, 0.25) is 0 Å². The lowest BCUT2D eigenvalue weighted by molar-refractivity contribution is 0.183.